The standard InChI is InChI=1S/C14H13ClO2/c1-16-13-4-2-3-5-14(13)17-12-8-6-11(10-15)7-9-12/h2-9H,10H2,1H3. The van der Waals surface area contributed by atoms with Crippen molar-refractivity contribution in [3.05, 3.63) is 54.1 Å². The van der Waals surface area contributed by atoms with Gasteiger partial charge in [-0.2, -0.15) is 0 Å². The molecule has 2 nitrogen and oxygen atoms in total. The third-order valence-corrected chi connectivity index (χ3v) is 2.68. The van der Waals surface area contributed by atoms with Crippen LogP contribution in [0.1, 0.15) is 5.56 Å². The van der Waals surface area contributed by atoms with Crippen molar-refractivity contribution in [1.82, 2.24) is 0 Å². The molecule has 88 valence electrons. The van der Waals surface area contributed by atoms with Crippen LogP contribution >= 0.6 is 11.6 Å². The van der Waals surface area contributed by atoms with Crippen LogP contribution in [0.2, 0.25) is 0 Å². The van der Waals surface area contributed by atoms with Gasteiger partial charge in [-0.1, -0.05) is 24.3 Å². The largest absolute Gasteiger partial charge is 0.493 e. The molecule has 0 aliphatic rings. The Morgan fingerprint density at radius 1 is 0.941 bits per heavy atom. The third-order valence-electron chi connectivity index (χ3n) is 2.37. The summed E-state index contributed by atoms with van der Waals surface area (Å²) in [5.74, 6) is 2.69. The molecule has 0 aliphatic carbocycles. The fourth-order valence-electron chi connectivity index (χ4n) is 1.48. The van der Waals surface area contributed by atoms with Crippen molar-refractivity contribution in [3.8, 4) is 17.2 Å². The van der Waals surface area contributed by atoms with Gasteiger partial charge in [0.2, 0.25) is 0 Å². The molecule has 2 aromatic rings. The number of hydrogen-bond acceptors (Lipinski definition) is 2. The maximum absolute atomic E-state index is 5.73. The fraction of sp³-hybridized carbons (Fsp3) is 0.143. The molecule has 17 heavy (non-hydrogen) atoms. The molecule has 0 aromatic heterocycles. The van der Waals surface area contributed by atoms with E-state index >= 15 is 0 Å². The smallest absolute Gasteiger partial charge is 0.169 e. The van der Waals surface area contributed by atoms with E-state index in [1.165, 1.54) is 0 Å². The van der Waals surface area contributed by atoms with E-state index in [1.54, 1.807) is 7.11 Å². The summed E-state index contributed by atoms with van der Waals surface area (Å²) < 4.78 is 10.9. The van der Waals surface area contributed by atoms with Gasteiger partial charge in [0.05, 0.1) is 7.11 Å². The van der Waals surface area contributed by atoms with Gasteiger partial charge in [0, 0.05) is 5.88 Å². The summed E-state index contributed by atoms with van der Waals surface area (Å²) in [7, 11) is 1.62. The molecule has 2 aromatic carbocycles. The first-order valence-electron chi connectivity index (χ1n) is 5.29. The molecule has 2 rings (SSSR count). The van der Waals surface area contributed by atoms with E-state index < -0.39 is 0 Å². The Kier molecular flexibility index (Phi) is 3.89. The summed E-state index contributed by atoms with van der Waals surface area (Å²) in [6, 6.07) is 15.2. The number of para-hydroxylation sites is 2. The van der Waals surface area contributed by atoms with Gasteiger partial charge in [0.15, 0.2) is 11.5 Å². The predicted octanol–water partition coefficient (Wildman–Crippen LogP) is 4.23. The fourth-order valence-corrected chi connectivity index (χ4v) is 1.65. The average molecular weight is 249 g/mol. The highest BCUT2D eigenvalue weighted by Gasteiger charge is 2.03. The Morgan fingerprint density at radius 3 is 2.18 bits per heavy atom. The number of alkyl halides is 1. The maximum atomic E-state index is 5.73. The van der Waals surface area contributed by atoms with Crippen molar-refractivity contribution in [1.29, 1.82) is 0 Å². The quantitative estimate of drug-likeness (QED) is 0.754. The molecule has 3 heteroatoms. The van der Waals surface area contributed by atoms with Crippen LogP contribution in [0.15, 0.2) is 48.5 Å². The Labute approximate surface area is 106 Å². The van der Waals surface area contributed by atoms with Crippen LogP contribution in [-0.2, 0) is 5.88 Å². The lowest BCUT2D eigenvalue weighted by Crippen LogP contribution is -1.89. The highest BCUT2D eigenvalue weighted by Crippen LogP contribution is 2.30. The van der Waals surface area contributed by atoms with Crippen molar-refractivity contribution in [2.45, 2.75) is 5.88 Å². The second kappa shape index (κ2) is 5.60. The first-order chi connectivity index (χ1) is 8.33. The van der Waals surface area contributed by atoms with Crippen LogP contribution in [0.25, 0.3) is 0 Å². The molecule has 0 heterocycles. The lowest BCUT2D eigenvalue weighted by molar-refractivity contribution is 0.379. The minimum atomic E-state index is 0.509. The highest BCUT2D eigenvalue weighted by atomic mass is 35.5. The molecule has 0 unspecified atom stereocenters. The monoisotopic (exact) mass is 248 g/mol. The third kappa shape index (κ3) is 2.92. The van der Waals surface area contributed by atoms with Crippen LogP contribution in [0.3, 0.4) is 0 Å². The Bertz CT molecular complexity index is 480. The second-order valence-electron chi connectivity index (χ2n) is 3.53. The molecule has 0 aliphatic heterocycles. The molecule has 0 atom stereocenters. The van der Waals surface area contributed by atoms with Crippen molar-refractivity contribution in [2.24, 2.45) is 0 Å². The van der Waals surface area contributed by atoms with E-state index in [2.05, 4.69) is 0 Å². The van der Waals surface area contributed by atoms with E-state index in [9.17, 15) is 0 Å². The zero-order valence-corrected chi connectivity index (χ0v) is 10.3. The molecule has 0 radical (unpaired) electrons. The normalized spacial score (nSPS) is 10.0. The molecule has 0 bridgehead atoms. The number of ether oxygens (including phenoxy) is 2. The lowest BCUT2D eigenvalue weighted by Gasteiger charge is -2.09. The second-order valence-corrected chi connectivity index (χ2v) is 3.80. The van der Waals surface area contributed by atoms with Crippen molar-refractivity contribution < 1.29 is 9.47 Å². The topological polar surface area (TPSA) is 18.5 Å². The summed E-state index contributed by atoms with van der Waals surface area (Å²) in [6.45, 7) is 0. The molecule has 0 saturated heterocycles. The SMILES string of the molecule is COc1ccccc1Oc1ccc(CCl)cc1. The van der Waals surface area contributed by atoms with E-state index in [1.807, 2.05) is 48.5 Å². The number of benzene rings is 2. The molecule has 0 amide bonds. The Hall–Kier alpha value is -1.67. The van der Waals surface area contributed by atoms with Gasteiger partial charge in [-0.25, -0.2) is 0 Å². The van der Waals surface area contributed by atoms with Crippen LogP contribution in [-0.4, -0.2) is 7.11 Å². The summed E-state index contributed by atoms with van der Waals surface area (Å²) in [6.07, 6.45) is 0. The Balaban J connectivity index is 2.19. The minimum absolute atomic E-state index is 0.509. The van der Waals surface area contributed by atoms with E-state index in [0.717, 1.165) is 11.3 Å². The summed E-state index contributed by atoms with van der Waals surface area (Å²) in [5, 5.41) is 0. The van der Waals surface area contributed by atoms with Gasteiger partial charge in [-0.15, -0.1) is 11.6 Å². The molecule has 0 saturated carbocycles. The van der Waals surface area contributed by atoms with Gasteiger partial charge in [0.1, 0.15) is 5.75 Å². The van der Waals surface area contributed by atoms with E-state index in [-0.39, 0.29) is 0 Å². The van der Waals surface area contributed by atoms with Crippen LogP contribution in [0, 0.1) is 0 Å². The maximum Gasteiger partial charge on any atom is 0.169 e. The predicted molar refractivity (Wildman–Crippen MR) is 69.1 cm³/mol. The van der Waals surface area contributed by atoms with Gasteiger partial charge in [-0.05, 0) is 29.8 Å². The average Bonchev–Trinajstić information content (AvgIpc) is 2.40. The van der Waals surface area contributed by atoms with E-state index in [0.29, 0.717) is 17.4 Å². The van der Waals surface area contributed by atoms with Crippen molar-refractivity contribution >= 4 is 11.6 Å². The van der Waals surface area contributed by atoms with Gasteiger partial charge in [0.25, 0.3) is 0 Å². The molecule has 0 spiro atoms. The zero-order valence-electron chi connectivity index (χ0n) is 9.52. The zero-order chi connectivity index (χ0) is 12.1. The molecular formula is C14H13ClO2. The first-order valence-corrected chi connectivity index (χ1v) is 5.82. The molecular weight excluding hydrogens is 236 g/mol. The Morgan fingerprint density at radius 2 is 1.59 bits per heavy atom. The van der Waals surface area contributed by atoms with E-state index in [4.69, 9.17) is 21.1 Å². The van der Waals surface area contributed by atoms with Crippen LogP contribution in [0.4, 0.5) is 0 Å². The highest BCUT2D eigenvalue weighted by molar-refractivity contribution is 6.17. The summed E-state index contributed by atoms with van der Waals surface area (Å²) in [4.78, 5) is 0. The van der Waals surface area contributed by atoms with Crippen molar-refractivity contribution in [2.75, 3.05) is 7.11 Å². The summed E-state index contributed by atoms with van der Waals surface area (Å²) >= 11 is 5.73. The van der Waals surface area contributed by atoms with Crippen LogP contribution in [0.5, 0.6) is 17.2 Å². The van der Waals surface area contributed by atoms with Crippen molar-refractivity contribution in [3.63, 3.8) is 0 Å². The number of rotatable bonds is 4. The van der Waals surface area contributed by atoms with Gasteiger partial charge >= 0.3 is 0 Å². The number of hydrogen-bond donors (Lipinski definition) is 0. The number of methoxy groups -OCH3 is 1. The lowest BCUT2D eigenvalue weighted by atomic mass is 10.2. The number of halogens is 1. The van der Waals surface area contributed by atoms with Crippen LogP contribution < -0.4 is 9.47 Å². The molecule has 0 fully saturated rings. The molecule has 0 N–H and O–H groups in total. The summed E-state index contributed by atoms with van der Waals surface area (Å²) in [5.41, 5.74) is 1.07. The first kappa shape index (κ1) is 11.8. The minimum Gasteiger partial charge on any atom is -0.493 e. The van der Waals surface area contributed by atoms with Gasteiger partial charge in [-0.3, -0.25) is 0 Å². The van der Waals surface area contributed by atoms with Gasteiger partial charge < -0.3 is 9.47 Å².